The summed E-state index contributed by atoms with van der Waals surface area (Å²) in [6.45, 7) is 6.31. The Morgan fingerprint density at radius 3 is 2.50 bits per heavy atom. The first-order chi connectivity index (χ1) is 7.53. The van der Waals surface area contributed by atoms with Gasteiger partial charge in [-0.1, -0.05) is 35.5 Å². The molecule has 0 amide bonds. The van der Waals surface area contributed by atoms with Crippen LogP contribution in [-0.2, 0) is 4.84 Å². The molecule has 0 aliphatic carbocycles. The third kappa shape index (κ3) is 1.71. The molecule has 0 spiro atoms. The number of hydrogen-bond acceptors (Lipinski definition) is 3. The van der Waals surface area contributed by atoms with Crippen molar-refractivity contribution in [3.8, 4) is 0 Å². The molecule has 1 aliphatic heterocycles. The molecule has 1 aromatic carbocycles. The van der Waals surface area contributed by atoms with Gasteiger partial charge in [0.15, 0.2) is 0 Å². The van der Waals surface area contributed by atoms with E-state index in [9.17, 15) is 0 Å². The van der Waals surface area contributed by atoms with Gasteiger partial charge in [-0.3, -0.25) is 4.90 Å². The van der Waals surface area contributed by atoms with Crippen LogP contribution in [-0.4, -0.2) is 23.2 Å². The summed E-state index contributed by atoms with van der Waals surface area (Å²) >= 11 is 0. The Kier molecular flexibility index (Phi) is 2.72. The van der Waals surface area contributed by atoms with E-state index in [0.717, 1.165) is 11.3 Å². The molecule has 0 N–H and O–H groups in total. The summed E-state index contributed by atoms with van der Waals surface area (Å²) in [5, 5.41) is 4.17. The van der Waals surface area contributed by atoms with Crippen LogP contribution in [0.3, 0.4) is 0 Å². The summed E-state index contributed by atoms with van der Waals surface area (Å²) in [6.07, 6.45) is -0.0973. The van der Waals surface area contributed by atoms with Crippen LogP contribution < -0.4 is 0 Å². The van der Waals surface area contributed by atoms with Crippen LogP contribution in [0.4, 0.5) is 0 Å². The van der Waals surface area contributed by atoms with Crippen LogP contribution in [0, 0.1) is 0 Å². The van der Waals surface area contributed by atoms with Gasteiger partial charge in [-0.15, -0.1) is 0 Å². The average molecular weight is 218 g/mol. The fourth-order valence-electron chi connectivity index (χ4n) is 1.76. The van der Waals surface area contributed by atoms with Gasteiger partial charge in [0.2, 0.25) is 6.23 Å². The lowest BCUT2D eigenvalue weighted by Crippen LogP contribution is -2.51. The van der Waals surface area contributed by atoms with Gasteiger partial charge in [-0.2, -0.15) is 0 Å². The van der Waals surface area contributed by atoms with Crippen LogP contribution in [0.2, 0.25) is 0 Å². The quantitative estimate of drug-likeness (QED) is 0.724. The average Bonchev–Trinajstić information content (AvgIpc) is 2.28. The Bertz CT molecular complexity index is 398. The first kappa shape index (κ1) is 11.1. The predicted octanol–water partition coefficient (Wildman–Crippen LogP) is 2.80. The monoisotopic (exact) mass is 218 g/mol. The fraction of sp³-hybridized carbons (Fsp3) is 0.462. The maximum absolute atomic E-state index is 5.54. The van der Waals surface area contributed by atoms with Gasteiger partial charge in [0, 0.05) is 5.56 Å². The number of nitrogens with zero attached hydrogens (tertiary/aromatic N) is 2. The Morgan fingerprint density at radius 2 is 1.88 bits per heavy atom. The fourth-order valence-corrected chi connectivity index (χ4v) is 1.76. The van der Waals surface area contributed by atoms with Crippen LogP contribution in [0.25, 0.3) is 0 Å². The topological polar surface area (TPSA) is 24.8 Å². The molecule has 1 aliphatic rings. The minimum Gasteiger partial charge on any atom is -0.371 e. The molecule has 0 bridgehead atoms. The molecular formula is C13H18N2O. The molecular weight excluding hydrogens is 200 g/mol. The Hall–Kier alpha value is -1.35. The molecule has 0 radical (unpaired) electrons. The summed E-state index contributed by atoms with van der Waals surface area (Å²) in [7, 11) is 2.07. The summed E-state index contributed by atoms with van der Waals surface area (Å²) in [5.74, 6) is 0. The molecule has 0 unspecified atom stereocenters. The predicted molar refractivity (Wildman–Crippen MR) is 65.2 cm³/mol. The minimum absolute atomic E-state index is 0.0707. The second-order valence-electron chi connectivity index (χ2n) is 4.72. The van der Waals surface area contributed by atoms with Crippen molar-refractivity contribution in [3.05, 3.63) is 35.9 Å². The molecule has 2 rings (SSSR count). The maximum Gasteiger partial charge on any atom is 0.207 e. The van der Waals surface area contributed by atoms with Crippen molar-refractivity contribution in [2.24, 2.45) is 5.16 Å². The third-order valence-corrected chi connectivity index (χ3v) is 3.49. The van der Waals surface area contributed by atoms with E-state index in [4.69, 9.17) is 4.84 Å². The zero-order chi connectivity index (χ0) is 11.8. The molecule has 1 aromatic rings. The molecule has 3 nitrogen and oxygen atoms in total. The number of oxime groups is 1. The van der Waals surface area contributed by atoms with E-state index >= 15 is 0 Å². The van der Waals surface area contributed by atoms with Crippen molar-refractivity contribution in [1.82, 2.24) is 4.90 Å². The molecule has 0 saturated carbocycles. The summed E-state index contributed by atoms with van der Waals surface area (Å²) in [4.78, 5) is 7.74. The minimum atomic E-state index is -0.0973. The second-order valence-corrected chi connectivity index (χ2v) is 4.72. The van der Waals surface area contributed by atoms with E-state index < -0.39 is 0 Å². The van der Waals surface area contributed by atoms with E-state index in [1.54, 1.807) is 0 Å². The first-order valence-corrected chi connectivity index (χ1v) is 5.52. The lowest BCUT2D eigenvalue weighted by atomic mass is 9.95. The van der Waals surface area contributed by atoms with Crippen LogP contribution in [0.5, 0.6) is 0 Å². The van der Waals surface area contributed by atoms with Crippen molar-refractivity contribution < 1.29 is 4.84 Å². The van der Waals surface area contributed by atoms with E-state index in [1.807, 2.05) is 25.1 Å². The molecule has 1 heterocycles. The Labute approximate surface area is 96.7 Å². The van der Waals surface area contributed by atoms with Gasteiger partial charge in [0.25, 0.3) is 0 Å². The standard InChI is InChI=1S/C13H18N2O/c1-10-13(2,3)15(4)12(16-14-10)11-8-6-5-7-9-11/h5-9,12H,1-4H3/t12-/m0/s1. The molecule has 1 atom stereocenters. The normalized spacial score (nSPS) is 24.8. The van der Waals surface area contributed by atoms with E-state index in [-0.39, 0.29) is 11.8 Å². The van der Waals surface area contributed by atoms with Gasteiger partial charge in [0.1, 0.15) is 0 Å². The first-order valence-electron chi connectivity index (χ1n) is 5.52. The summed E-state index contributed by atoms with van der Waals surface area (Å²) < 4.78 is 0. The smallest absolute Gasteiger partial charge is 0.207 e. The van der Waals surface area contributed by atoms with Crippen LogP contribution in [0.15, 0.2) is 35.5 Å². The highest BCUT2D eigenvalue weighted by Crippen LogP contribution is 2.32. The largest absolute Gasteiger partial charge is 0.371 e. The van der Waals surface area contributed by atoms with E-state index in [0.29, 0.717) is 0 Å². The lowest BCUT2D eigenvalue weighted by molar-refractivity contribution is -0.0933. The Morgan fingerprint density at radius 1 is 1.25 bits per heavy atom. The number of benzene rings is 1. The summed E-state index contributed by atoms with van der Waals surface area (Å²) in [5.41, 5.74) is 2.06. The van der Waals surface area contributed by atoms with E-state index in [1.165, 1.54) is 0 Å². The van der Waals surface area contributed by atoms with Crippen molar-refractivity contribution in [2.75, 3.05) is 7.05 Å². The van der Waals surface area contributed by atoms with Crippen molar-refractivity contribution in [2.45, 2.75) is 32.5 Å². The second kappa shape index (κ2) is 3.91. The Balaban J connectivity index is 2.33. The highest BCUT2D eigenvalue weighted by molar-refractivity contribution is 5.90. The van der Waals surface area contributed by atoms with Gasteiger partial charge in [0.05, 0.1) is 11.3 Å². The van der Waals surface area contributed by atoms with Crippen molar-refractivity contribution >= 4 is 5.71 Å². The number of rotatable bonds is 1. The van der Waals surface area contributed by atoms with Crippen molar-refractivity contribution in [1.29, 1.82) is 0 Å². The highest BCUT2D eigenvalue weighted by Gasteiger charge is 2.37. The molecule has 16 heavy (non-hydrogen) atoms. The molecule has 3 heteroatoms. The van der Waals surface area contributed by atoms with Gasteiger partial charge in [-0.05, 0) is 27.8 Å². The third-order valence-electron chi connectivity index (χ3n) is 3.49. The van der Waals surface area contributed by atoms with Gasteiger partial charge >= 0.3 is 0 Å². The lowest BCUT2D eigenvalue weighted by Gasteiger charge is -2.42. The van der Waals surface area contributed by atoms with E-state index in [2.05, 4.69) is 43.1 Å². The van der Waals surface area contributed by atoms with Crippen LogP contribution >= 0.6 is 0 Å². The highest BCUT2D eigenvalue weighted by atomic mass is 16.7. The van der Waals surface area contributed by atoms with Gasteiger partial charge < -0.3 is 4.84 Å². The summed E-state index contributed by atoms with van der Waals surface area (Å²) in [6, 6.07) is 10.2. The SMILES string of the molecule is CC1=NO[C@@H](c2ccccc2)N(C)C1(C)C. The maximum atomic E-state index is 5.54. The molecule has 0 saturated heterocycles. The molecule has 86 valence electrons. The number of hydrogen-bond donors (Lipinski definition) is 0. The van der Waals surface area contributed by atoms with Crippen LogP contribution in [0.1, 0.15) is 32.6 Å². The van der Waals surface area contributed by atoms with Crippen molar-refractivity contribution in [3.63, 3.8) is 0 Å². The zero-order valence-corrected chi connectivity index (χ0v) is 10.3. The van der Waals surface area contributed by atoms with Gasteiger partial charge in [-0.25, -0.2) is 0 Å². The molecule has 0 fully saturated rings. The zero-order valence-electron chi connectivity index (χ0n) is 10.3. The molecule has 0 aromatic heterocycles.